The maximum atomic E-state index is 3.91. The Kier molecular flexibility index (Phi) is 2.53. The molecule has 1 atom stereocenters. The van der Waals surface area contributed by atoms with E-state index >= 15 is 0 Å². The van der Waals surface area contributed by atoms with Gasteiger partial charge in [0.1, 0.15) is 5.51 Å². The molecule has 66 valence electrons. The molecule has 0 amide bonds. The molecule has 4 nitrogen and oxygen atoms in total. The largest absolute Gasteiger partial charge is 0.359 e. The fraction of sp³-hybridized carbons (Fsp3) is 0.714. The van der Waals surface area contributed by atoms with E-state index in [1.807, 2.05) is 0 Å². The summed E-state index contributed by atoms with van der Waals surface area (Å²) in [7, 11) is 0. The Labute approximate surface area is 75.4 Å². The Hall–Kier alpha value is -0.680. The molecule has 0 spiro atoms. The summed E-state index contributed by atoms with van der Waals surface area (Å²) < 4.78 is 0. The number of aromatic nitrogens is 2. The first-order valence-corrected chi connectivity index (χ1v) is 5.06. The molecular formula is C7H12N4S. The lowest BCUT2D eigenvalue weighted by Crippen LogP contribution is -2.29. The maximum Gasteiger partial charge on any atom is 0.205 e. The predicted octanol–water partition coefficient (Wildman–Crippen LogP) is 0.702. The molecular weight excluding hydrogens is 172 g/mol. The van der Waals surface area contributed by atoms with Crippen molar-refractivity contribution < 1.29 is 0 Å². The standard InChI is InChI=1S/C7H12N4S/c1-2-6(8-3-1)4-9-7-11-10-5-12-7/h5-6,8H,1-4H2,(H,9,11). The summed E-state index contributed by atoms with van der Waals surface area (Å²) in [5.41, 5.74) is 1.74. The van der Waals surface area contributed by atoms with Crippen molar-refractivity contribution in [3.8, 4) is 0 Å². The lowest BCUT2D eigenvalue weighted by atomic mass is 10.2. The summed E-state index contributed by atoms with van der Waals surface area (Å²) >= 11 is 1.55. The van der Waals surface area contributed by atoms with Crippen LogP contribution in [0.25, 0.3) is 0 Å². The van der Waals surface area contributed by atoms with E-state index in [1.165, 1.54) is 12.8 Å². The second kappa shape index (κ2) is 3.82. The van der Waals surface area contributed by atoms with Crippen LogP contribution in [0.15, 0.2) is 5.51 Å². The summed E-state index contributed by atoms with van der Waals surface area (Å²) in [5.74, 6) is 0. The average molecular weight is 184 g/mol. The first kappa shape index (κ1) is 7.94. The minimum atomic E-state index is 0.619. The molecule has 0 aromatic carbocycles. The monoisotopic (exact) mass is 184 g/mol. The average Bonchev–Trinajstić information content (AvgIpc) is 2.74. The number of anilines is 1. The molecule has 2 rings (SSSR count). The van der Waals surface area contributed by atoms with Gasteiger partial charge in [-0.3, -0.25) is 0 Å². The Morgan fingerprint density at radius 2 is 2.75 bits per heavy atom. The summed E-state index contributed by atoms with van der Waals surface area (Å²) in [4.78, 5) is 0. The third-order valence-corrected chi connectivity index (χ3v) is 2.67. The first-order chi connectivity index (χ1) is 5.95. The third-order valence-electron chi connectivity index (χ3n) is 2.02. The quantitative estimate of drug-likeness (QED) is 0.726. The molecule has 1 fully saturated rings. The minimum absolute atomic E-state index is 0.619. The van der Waals surface area contributed by atoms with Gasteiger partial charge in [-0.2, -0.15) is 0 Å². The molecule has 0 saturated carbocycles. The zero-order chi connectivity index (χ0) is 8.23. The summed E-state index contributed by atoms with van der Waals surface area (Å²) in [6.07, 6.45) is 2.56. The van der Waals surface area contributed by atoms with E-state index in [-0.39, 0.29) is 0 Å². The van der Waals surface area contributed by atoms with Gasteiger partial charge in [-0.25, -0.2) is 0 Å². The van der Waals surface area contributed by atoms with Crippen molar-refractivity contribution in [1.82, 2.24) is 15.5 Å². The zero-order valence-electron chi connectivity index (χ0n) is 6.79. The fourth-order valence-electron chi connectivity index (χ4n) is 1.39. The maximum absolute atomic E-state index is 3.91. The Morgan fingerprint density at radius 3 is 3.42 bits per heavy atom. The van der Waals surface area contributed by atoms with Gasteiger partial charge in [0, 0.05) is 12.6 Å². The van der Waals surface area contributed by atoms with Gasteiger partial charge in [0.2, 0.25) is 5.13 Å². The normalized spacial score (nSPS) is 22.8. The number of nitrogens with zero attached hydrogens (tertiary/aromatic N) is 2. The van der Waals surface area contributed by atoms with Crippen molar-refractivity contribution in [3.05, 3.63) is 5.51 Å². The SMILES string of the molecule is c1nnc(NCC2CCCN2)s1. The topological polar surface area (TPSA) is 49.8 Å². The van der Waals surface area contributed by atoms with E-state index in [0.29, 0.717) is 6.04 Å². The van der Waals surface area contributed by atoms with E-state index in [2.05, 4.69) is 20.8 Å². The van der Waals surface area contributed by atoms with E-state index in [0.717, 1.165) is 18.2 Å². The fourth-order valence-corrected chi connectivity index (χ4v) is 1.85. The first-order valence-electron chi connectivity index (χ1n) is 4.18. The summed E-state index contributed by atoms with van der Waals surface area (Å²) in [6.45, 7) is 2.12. The highest BCUT2D eigenvalue weighted by Gasteiger charge is 2.13. The van der Waals surface area contributed by atoms with Crippen molar-refractivity contribution in [2.24, 2.45) is 0 Å². The second-order valence-corrected chi connectivity index (χ2v) is 3.75. The molecule has 0 bridgehead atoms. The van der Waals surface area contributed by atoms with E-state index in [9.17, 15) is 0 Å². The summed E-state index contributed by atoms with van der Waals surface area (Å²) in [6, 6.07) is 0.619. The molecule has 2 heterocycles. The van der Waals surface area contributed by atoms with Crippen LogP contribution in [0.4, 0.5) is 5.13 Å². The smallest absolute Gasteiger partial charge is 0.205 e. The molecule has 1 aliphatic rings. The van der Waals surface area contributed by atoms with Gasteiger partial charge in [0.15, 0.2) is 0 Å². The van der Waals surface area contributed by atoms with Crippen LogP contribution in [0, 0.1) is 0 Å². The van der Waals surface area contributed by atoms with E-state index in [1.54, 1.807) is 16.8 Å². The van der Waals surface area contributed by atoms with Crippen LogP contribution in [0.5, 0.6) is 0 Å². The van der Waals surface area contributed by atoms with Gasteiger partial charge < -0.3 is 10.6 Å². The molecule has 2 N–H and O–H groups in total. The van der Waals surface area contributed by atoms with Crippen LogP contribution >= 0.6 is 11.3 Å². The highest BCUT2D eigenvalue weighted by molar-refractivity contribution is 7.13. The van der Waals surface area contributed by atoms with Gasteiger partial charge in [0.25, 0.3) is 0 Å². The van der Waals surface area contributed by atoms with Crippen LogP contribution in [0.1, 0.15) is 12.8 Å². The molecule has 12 heavy (non-hydrogen) atoms. The molecule has 1 aliphatic heterocycles. The molecule has 1 aromatic rings. The van der Waals surface area contributed by atoms with Gasteiger partial charge in [-0.05, 0) is 19.4 Å². The second-order valence-electron chi connectivity index (χ2n) is 2.92. The third kappa shape index (κ3) is 1.92. The van der Waals surface area contributed by atoms with Gasteiger partial charge in [0.05, 0.1) is 0 Å². The highest BCUT2D eigenvalue weighted by Crippen LogP contribution is 2.10. The van der Waals surface area contributed by atoms with Crippen LogP contribution in [0.3, 0.4) is 0 Å². The number of rotatable bonds is 3. The molecule has 1 unspecified atom stereocenters. The van der Waals surface area contributed by atoms with Gasteiger partial charge >= 0.3 is 0 Å². The van der Waals surface area contributed by atoms with Gasteiger partial charge in [-0.15, -0.1) is 10.2 Å². The van der Waals surface area contributed by atoms with Crippen LogP contribution < -0.4 is 10.6 Å². The van der Waals surface area contributed by atoms with Crippen molar-refractivity contribution in [2.45, 2.75) is 18.9 Å². The van der Waals surface area contributed by atoms with E-state index < -0.39 is 0 Å². The van der Waals surface area contributed by atoms with Crippen molar-refractivity contribution in [1.29, 1.82) is 0 Å². The Morgan fingerprint density at radius 1 is 1.75 bits per heavy atom. The summed E-state index contributed by atoms with van der Waals surface area (Å²) in [5, 5.41) is 15.2. The van der Waals surface area contributed by atoms with Crippen molar-refractivity contribution in [3.63, 3.8) is 0 Å². The number of hydrogen-bond acceptors (Lipinski definition) is 5. The van der Waals surface area contributed by atoms with E-state index in [4.69, 9.17) is 0 Å². The molecule has 1 aromatic heterocycles. The molecule has 5 heteroatoms. The van der Waals surface area contributed by atoms with Crippen molar-refractivity contribution in [2.75, 3.05) is 18.4 Å². The van der Waals surface area contributed by atoms with Crippen LogP contribution in [-0.4, -0.2) is 29.3 Å². The Balaban J connectivity index is 1.74. The molecule has 0 radical (unpaired) electrons. The van der Waals surface area contributed by atoms with Gasteiger partial charge in [-0.1, -0.05) is 11.3 Å². The highest BCUT2D eigenvalue weighted by atomic mass is 32.1. The lowest BCUT2D eigenvalue weighted by molar-refractivity contribution is 0.633. The lowest BCUT2D eigenvalue weighted by Gasteiger charge is -2.09. The zero-order valence-corrected chi connectivity index (χ0v) is 7.60. The molecule has 1 saturated heterocycles. The van der Waals surface area contributed by atoms with Crippen molar-refractivity contribution >= 4 is 16.5 Å². The number of nitrogens with one attached hydrogen (secondary N) is 2. The Bertz CT molecular complexity index is 217. The predicted molar refractivity (Wildman–Crippen MR) is 49.4 cm³/mol. The minimum Gasteiger partial charge on any atom is -0.359 e. The number of hydrogen-bond donors (Lipinski definition) is 2. The molecule has 0 aliphatic carbocycles. The van der Waals surface area contributed by atoms with Crippen LogP contribution in [0.2, 0.25) is 0 Å². The van der Waals surface area contributed by atoms with Crippen LogP contribution in [-0.2, 0) is 0 Å².